The second kappa shape index (κ2) is 5.43. The molecule has 0 spiro atoms. The van der Waals surface area contributed by atoms with Gasteiger partial charge in [0.25, 0.3) is 5.56 Å². The van der Waals surface area contributed by atoms with E-state index < -0.39 is 39.2 Å². The van der Waals surface area contributed by atoms with Gasteiger partial charge < -0.3 is 5.11 Å². The van der Waals surface area contributed by atoms with Crippen molar-refractivity contribution in [1.29, 1.82) is 10.5 Å². The van der Waals surface area contributed by atoms with E-state index in [1.54, 1.807) is 36.4 Å². The standard InChI is InChI=1S/C19H5N9O3/c20-5-8-9(6-21)16(30)14-11(15(8)29)19(31)28-17(22-14)12-13(24-28)7-3-1-2-4-10(7)27-18(12)23-25-26-27/h1-4,29H. The molecule has 0 saturated heterocycles. The minimum Gasteiger partial charge on any atom is -0.506 e. The van der Waals surface area contributed by atoms with Gasteiger partial charge in [-0.2, -0.15) is 24.7 Å². The van der Waals surface area contributed by atoms with Crippen molar-refractivity contribution in [3.05, 3.63) is 56.7 Å². The Morgan fingerprint density at radius 1 is 1.00 bits per heavy atom. The van der Waals surface area contributed by atoms with Crippen molar-refractivity contribution in [2.24, 2.45) is 0 Å². The van der Waals surface area contributed by atoms with Gasteiger partial charge in [0.15, 0.2) is 11.3 Å². The van der Waals surface area contributed by atoms with Gasteiger partial charge in [0.2, 0.25) is 5.78 Å². The van der Waals surface area contributed by atoms with Crippen molar-refractivity contribution in [3.8, 4) is 12.1 Å². The Labute approximate surface area is 169 Å². The number of allylic oxidation sites excluding steroid dienone is 1. The van der Waals surface area contributed by atoms with Crippen LogP contribution >= 0.6 is 0 Å². The number of fused-ring (bicyclic) bond motifs is 9. The van der Waals surface area contributed by atoms with Crippen LogP contribution in [0.4, 0.5) is 0 Å². The minimum atomic E-state index is -0.933. The number of aliphatic hydroxyl groups excluding tert-OH is 1. The molecule has 12 nitrogen and oxygen atoms in total. The number of benzene rings is 1. The number of Topliss-reactive ketones (excluding diaryl/α,β-unsaturated/α-hetero) is 1. The zero-order valence-electron chi connectivity index (χ0n) is 15.1. The minimum absolute atomic E-state index is 0.0110. The van der Waals surface area contributed by atoms with Gasteiger partial charge in [0, 0.05) is 5.39 Å². The Bertz CT molecular complexity index is 1920. The number of rotatable bonds is 0. The fraction of sp³-hybridized carbons (Fsp3) is 0. The highest BCUT2D eigenvalue weighted by Crippen LogP contribution is 2.29. The molecular weight excluding hydrogens is 402 g/mol. The summed E-state index contributed by atoms with van der Waals surface area (Å²) in [6, 6.07) is 10.3. The molecule has 144 valence electrons. The zero-order valence-corrected chi connectivity index (χ0v) is 15.1. The number of nitrogens with zero attached hydrogens (tertiary/aromatic N) is 9. The lowest BCUT2D eigenvalue weighted by atomic mass is 9.95. The van der Waals surface area contributed by atoms with Gasteiger partial charge in [0.1, 0.15) is 45.5 Å². The van der Waals surface area contributed by atoms with E-state index in [1.807, 2.05) is 0 Å². The van der Waals surface area contributed by atoms with Crippen molar-refractivity contribution >= 4 is 44.6 Å². The van der Waals surface area contributed by atoms with Crippen LogP contribution in [0.3, 0.4) is 0 Å². The molecule has 0 radical (unpaired) electrons. The first-order valence-electron chi connectivity index (χ1n) is 8.75. The van der Waals surface area contributed by atoms with Crippen molar-refractivity contribution < 1.29 is 9.90 Å². The fourth-order valence-electron chi connectivity index (χ4n) is 3.85. The Morgan fingerprint density at radius 3 is 2.55 bits per heavy atom. The molecular formula is C19H5N9O3. The maximum absolute atomic E-state index is 13.2. The third kappa shape index (κ3) is 1.83. The summed E-state index contributed by atoms with van der Waals surface area (Å²) < 4.78 is 2.39. The monoisotopic (exact) mass is 407 g/mol. The number of tetrazole rings is 1. The smallest absolute Gasteiger partial charge is 0.286 e. The first-order valence-corrected chi connectivity index (χ1v) is 8.75. The van der Waals surface area contributed by atoms with Gasteiger partial charge in [-0.1, -0.05) is 18.2 Å². The number of ketones is 1. The summed E-state index contributed by atoms with van der Waals surface area (Å²) in [7, 11) is 0. The maximum Gasteiger partial charge on any atom is 0.286 e. The Balaban J connectivity index is 1.93. The molecule has 31 heavy (non-hydrogen) atoms. The number of aromatic nitrogens is 7. The van der Waals surface area contributed by atoms with Gasteiger partial charge in [0.05, 0.1) is 10.9 Å². The molecule has 12 heteroatoms. The first kappa shape index (κ1) is 16.7. The van der Waals surface area contributed by atoms with Gasteiger partial charge in [-0.25, -0.2) is 4.98 Å². The van der Waals surface area contributed by atoms with Crippen LogP contribution in [-0.2, 0) is 0 Å². The summed E-state index contributed by atoms with van der Waals surface area (Å²) in [5, 5.41) is 45.6. The predicted molar refractivity (Wildman–Crippen MR) is 102 cm³/mol. The van der Waals surface area contributed by atoms with Gasteiger partial charge in [-0.15, -0.1) is 5.10 Å². The fourth-order valence-corrected chi connectivity index (χ4v) is 3.85. The molecule has 1 N–H and O–H groups in total. The molecule has 0 fully saturated rings. The van der Waals surface area contributed by atoms with Crippen LogP contribution in [0.5, 0.6) is 0 Å². The summed E-state index contributed by atoms with van der Waals surface area (Å²) in [6.45, 7) is 0. The van der Waals surface area contributed by atoms with E-state index in [1.165, 1.54) is 4.52 Å². The van der Waals surface area contributed by atoms with E-state index in [0.717, 1.165) is 4.52 Å². The number of pyridine rings is 1. The highest BCUT2D eigenvalue weighted by atomic mass is 16.3. The lowest BCUT2D eigenvalue weighted by Crippen LogP contribution is -2.42. The number of carbonyl (C=O) groups excluding carboxylic acids is 1. The van der Waals surface area contributed by atoms with Crippen molar-refractivity contribution in [3.63, 3.8) is 0 Å². The molecule has 0 saturated carbocycles. The molecule has 4 heterocycles. The number of hydrogen-bond donors (Lipinski definition) is 1. The van der Waals surface area contributed by atoms with Crippen LogP contribution in [0, 0.1) is 22.7 Å². The number of para-hydroxylation sites is 1. The van der Waals surface area contributed by atoms with Crippen LogP contribution in [-0.4, -0.2) is 45.5 Å². The summed E-state index contributed by atoms with van der Waals surface area (Å²) in [6.07, 6.45) is 0. The molecule has 1 aliphatic carbocycles. The predicted octanol–water partition coefficient (Wildman–Crippen LogP) is -0.241. The van der Waals surface area contributed by atoms with Gasteiger partial charge in [-0.05, 0) is 16.5 Å². The van der Waals surface area contributed by atoms with Crippen molar-refractivity contribution in [2.75, 3.05) is 0 Å². The van der Waals surface area contributed by atoms with Gasteiger partial charge >= 0.3 is 0 Å². The molecule has 0 atom stereocenters. The normalized spacial score (nSPS) is 13.9. The highest BCUT2D eigenvalue weighted by Gasteiger charge is 2.32. The molecule has 6 rings (SSSR count). The molecule has 0 amide bonds. The third-order valence-corrected chi connectivity index (χ3v) is 5.19. The Kier molecular flexibility index (Phi) is 2.92. The number of carbonyl (C=O) groups is 1. The van der Waals surface area contributed by atoms with Crippen LogP contribution in [0.2, 0.25) is 0 Å². The molecule has 4 aromatic heterocycles. The average Bonchev–Trinajstić information content (AvgIpc) is 3.41. The summed E-state index contributed by atoms with van der Waals surface area (Å²) >= 11 is 0. The lowest BCUT2D eigenvalue weighted by molar-refractivity contribution is 0.103. The number of aliphatic hydroxyl groups is 1. The Hall–Kier alpha value is -5.23. The molecule has 1 aromatic carbocycles. The van der Waals surface area contributed by atoms with Crippen LogP contribution < -0.4 is 10.8 Å². The summed E-state index contributed by atoms with van der Waals surface area (Å²) in [4.78, 5) is 30.3. The summed E-state index contributed by atoms with van der Waals surface area (Å²) in [5.74, 6) is -1.72. The van der Waals surface area contributed by atoms with E-state index in [9.17, 15) is 25.2 Å². The second-order valence-corrected chi connectivity index (χ2v) is 6.68. The maximum atomic E-state index is 13.2. The zero-order chi connectivity index (χ0) is 21.4. The molecule has 0 aliphatic heterocycles. The number of nitriles is 2. The SMILES string of the molecule is N#CC1=C(C#N)C(O)=c2c(nc3c4c(nn3c2=O)c2ccccc2n2nnnc42)C1=O. The topological polar surface area (TPSA) is 175 Å². The number of hydrogen-bond acceptors (Lipinski definition) is 10. The third-order valence-electron chi connectivity index (χ3n) is 5.19. The van der Waals surface area contributed by atoms with E-state index in [2.05, 4.69) is 25.6 Å². The summed E-state index contributed by atoms with van der Waals surface area (Å²) in [5.41, 5.74) is -1.21. The van der Waals surface area contributed by atoms with Crippen LogP contribution in [0.15, 0.2) is 40.2 Å². The van der Waals surface area contributed by atoms with E-state index in [4.69, 9.17) is 0 Å². The molecule has 0 bridgehead atoms. The van der Waals surface area contributed by atoms with Crippen LogP contribution in [0.1, 0.15) is 10.5 Å². The van der Waals surface area contributed by atoms with Gasteiger partial charge in [-0.3, -0.25) is 9.59 Å². The quantitative estimate of drug-likeness (QED) is 0.360. The molecule has 1 aliphatic rings. The first-order chi connectivity index (χ1) is 15.1. The highest BCUT2D eigenvalue weighted by molar-refractivity contribution is 6.17. The average molecular weight is 407 g/mol. The largest absolute Gasteiger partial charge is 0.506 e. The molecule has 5 aromatic rings. The molecule has 0 unspecified atom stereocenters. The lowest BCUT2D eigenvalue weighted by Gasteiger charge is -2.10. The van der Waals surface area contributed by atoms with E-state index in [0.29, 0.717) is 21.8 Å². The van der Waals surface area contributed by atoms with Crippen LogP contribution in [0.25, 0.3) is 38.9 Å². The van der Waals surface area contributed by atoms with E-state index in [-0.39, 0.29) is 11.3 Å². The Morgan fingerprint density at radius 2 is 1.77 bits per heavy atom. The second-order valence-electron chi connectivity index (χ2n) is 6.68. The van der Waals surface area contributed by atoms with E-state index >= 15 is 0 Å². The van der Waals surface area contributed by atoms with Crippen molar-refractivity contribution in [1.82, 2.24) is 34.6 Å². The van der Waals surface area contributed by atoms with Crippen molar-refractivity contribution in [2.45, 2.75) is 0 Å².